The Morgan fingerprint density at radius 1 is 1.24 bits per heavy atom. The van der Waals surface area contributed by atoms with Crippen LogP contribution >= 0.6 is 22.6 Å². The van der Waals surface area contributed by atoms with Crippen LogP contribution in [-0.4, -0.2) is 23.3 Å². The molecule has 0 aromatic heterocycles. The number of carbonyl (C=O) groups excluding carboxylic acids is 2. The van der Waals surface area contributed by atoms with Crippen molar-refractivity contribution in [3.8, 4) is 0 Å². The highest BCUT2D eigenvalue weighted by atomic mass is 127. The zero-order valence-corrected chi connectivity index (χ0v) is 16.2. The Kier molecular flexibility index (Phi) is 4.27. The predicted octanol–water partition coefficient (Wildman–Crippen LogP) is 4.22. The van der Waals surface area contributed by atoms with E-state index in [0.717, 1.165) is 32.5 Å². The van der Waals surface area contributed by atoms with E-state index in [0.29, 0.717) is 18.0 Å². The Morgan fingerprint density at radius 3 is 2.76 bits per heavy atom. The van der Waals surface area contributed by atoms with E-state index in [1.807, 2.05) is 48.2 Å². The number of rotatable bonds is 4. The van der Waals surface area contributed by atoms with Gasteiger partial charge in [-0.05, 0) is 89.7 Å². The molecule has 1 N–H and O–H groups in total. The average molecular weight is 446 g/mol. The van der Waals surface area contributed by atoms with E-state index in [1.165, 1.54) is 12.8 Å². The van der Waals surface area contributed by atoms with Gasteiger partial charge in [0.15, 0.2) is 0 Å². The first kappa shape index (κ1) is 16.6. The number of halogens is 1. The monoisotopic (exact) mass is 446 g/mol. The fraction of sp³-hybridized carbons (Fsp3) is 0.300. The molecule has 2 amide bonds. The van der Waals surface area contributed by atoms with Crippen LogP contribution < -0.4 is 5.32 Å². The van der Waals surface area contributed by atoms with Crippen molar-refractivity contribution in [2.24, 2.45) is 5.92 Å². The number of amides is 2. The van der Waals surface area contributed by atoms with E-state index in [1.54, 1.807) is 0 Å². The van der Waals surface area contributed by atoms with Crippen molar-refractivity contribution in [1.82, 2.24) is 4.90 Å². The van der Waals surface area contributed by atoms with Crippen LogP contribution in [0.5, 0.6) is 0 Å². The molecule has 0 atom stereocenters. The standard InChI is InChI=1S/C20H19IN2O2/c1-12-2-5-14(9-18(12)21)19(24)22-16-6-7-17-15(8-16)11-23(20(17)25)10-13-3-4-13/h2,5-9,13H,3-4,10-11H2,1H3,(H,22,24). The van der Waals surface area contributed by atoms with Crippen LogP contribution in [0.15, 0.2) is 36.4 Å². The normalized spacial score (nSPS) is 16.1. The number of fused-ring (bicyclic) bond motifs is 1. The third-order valence-corrected chi connectivity index (χ3v) is 6.01. The van der Waals surface area contributed by atoms with E-state index in [4.69, 9.17) is 0 Å². The molecule has 1 heterocycles. The molecule has 2 aromatic rings. The first-order valence-electron chi connectivity index (χ1n) is 8.51. The lowest BCUT2D eigenvalue weighted by Gasteiger charge is -2.14. The third kappa shape index (κ3) is 3.42. The van der Waals surface area contributed by atoms with Gasteiger partial charge in [0.25, 0.3) is 11.8 Å². The minimum Gasteiger partial charge on any atom is -0.334 e. The molecule has 25 heavy (non-hydrogen) atoms. The summed E-state index contributed by atoms with van der Waals surface area (Å²) in [5.41, 5.74) is 4.30. The molecule has 0 bridgehead atoms. The van der Waals surface area contributed by atoms with Crippen molar-refractivity contribution in [2.45, 2.75) is 26.3 Å². The smallest absolute Gasteiger partial charge is 0.255 e. The molecule has 5 heteroatoms. The fourth-order valence-electron chi connectivity index (χ4n) is 3.16. The SMILES string of the molecule is Cc1ccc(C(=O)Nc2ccc3c(c2)CN(CC2CC2)C3=O)cc1I. The summed E-state index contributed by atoms with van der Waals surface area (Å²) in [6, 6.07) is 11.2. The summed E-state index contributed by atoms with van der Waals surface area (Å²) in [7, 11) is 0. The molecule has 1 aliphatic carbocycles. The average Bonchev–Trinajstić information content (AvgIpc) is 3.35. The van der Waals surface area contributed by atoms with Gasteiger partial charge in [-0.25, -0.2) is 0 Å². The number of anilines is 1. The number of benzene rings is 2. The highest BCUT2D eigenvalue weighted by molar-refractivity contribution is 14.1. The number of hydrogen-bond donors (Lipinski definition) is 1. The Balaban J connectivity index is 1.50. The van der Waals surface area contributed by atoms with Gasteiger partial charge < -0.3 is 10.2 Å². The minimum absolute atomic E-state index is 0.118. The molecule has 1 aliphatic heterocycles. The predicted molar refractivity (Wildman–Crippen MR) is 106 cm³/mol. The van der Waals surface area contributed by atoms with Gasteiger partial charge >= 0.3 is 0 Å². The Bertz CT molecular complexity index is 874. The molecular weight excluding hydrogens is 427 g/mol. The largest absolute Gasteiger partial charge is 0.334 e. The summed E-state index contributed by atoms with van der Waals surface area (Å²) in [6.07, 6.45) is 2.47. The maximum Gasteiger partial charge on any atom is 0.255 e. The maximum atomic E-state index is 12.5. The maximum absolute atomic E-state index is 12.5. The molecule has 1 fully saturated rings. The van der Waals surface area contributed by atoms with Crippen LogP contribution in [0.3, 0.4) is 0 Å². The van der Waals surface area contributed by atoms with E-state index in [2.05, 4.69) is 27.9 Å². The highest BCUT2D eigenvalue weighted by Gasteiger charge is 2.32. The summed E-state index contributed by atoms with van der Waals surface area (Å²) in [5, 5.41) is 2.95. The number of nitrogens with zero attached hydrogens (tertiary/aromatic N) is 1. The van der Waals surface area contributed by atoms with Gasteiger partial charge in [0.1, 0.15) is 0 Å². The van der Waals surface area contributed by atoms with Gasteiger partial charge in [-0.15, -0.1) is 0 Å². The lowest BCUT2D eigenvalue weighted by molar-refractivity contribution is 0.0771. The van der Waals surface area contributed by atoms with Gasteiger partial charge in [-0.1, -0.05) is 6.07 Å². The zero-order valence-electron chi connectivity index (χ0n) is 14.0. The summed E-state index contributed by atoms with van der Waals surface area (Å²) in [6.45, 7) is 3.53. The summed E-state index contributed by atoms with van der Waals surface area (Å²) < 4.78 is 1.07. The topological polar surface area (TPSA) is 49.4 Å². The first-order valence-corrected chi connectivity index (χ1v) is 9.59. The quantitative estimate of drug-likeness (QED) is 0.716. The van der Waals surface area contributed by atoms with Gasteiger partial charge in [-0.3, -0.25) is 9.59 Å². The van der Waals surface area contributed by atoms with Gasteiger partial charge in [0, 0.05) is 33.5 Å². The molecule has 4 rings (SSSR count). The van der Waals surface area contributed by atoms with Crippen molar-refractivity contribution >= 4 is 40.1 Å². The summed E-state index contributed by atoms with van der Waals surface area (Å²) in [4.78, 5) is 26.8. The van der Waals surface area contributed by atoms with Crippen LogP contribution in [0.4, 0.5) is 5.69 Å². The molecule has 128 valence electrons. The lowest BCUT2D eigenvalue weighted by Crippen LogP contribution is -2.26. The van der Waals surface area contributed by atoms with Crippen molar-refractivity contribution in [1.29, 1.82) is 0 Å². The minimum atomic E-state index is -0.128. The second-order valence-corrected chi connectivity index (χ2v) is 8.08. The molecule has 1 saturated carbocycles. The van der Waals surface area contributed by atoms with Gasteiger partial charge in [0.05, 0.1) is 0 Å². The number of nitrogens with one attached hydrogen (secondary N) is 1. The fourth-order valence-corrected chi connectivity index (χ4v) is 3.67. The molecule has 0 spiro atoms. The number of carbonyl (C=O) groups is 2. The van der Waals surface area contributed by atoms with E-state index < -0.39 is 0 Å². The van der Waals surface area contributed by atoms with Crippen molar-refractivity contribution in [2.75, 3.05) is 11.9 Å². The van der Waals surface area contributed by atoms with Gasteiger partial charge in [-0.2, -0.15) is 0 Å². The molecule has 0 unspecified atom stereocenters. The van der Waals surface area contributed by atoms with Crippen LogP contribution in [0, 0.1) is 16.4 Å². The Labute approximate surface area is 160 Å². The lowest BCUT2D eigenvalue weighted by atomic mass is 10.1. The van der Waals surface area contributed by atoms with Crippen molar-refractivity contribution in [3.05, 3.63) is 62.2 Å². The van der Waals surface area contributed by atoms with Crippen molar-refractivity contribution < 1.29 is 9.59 Å². The summed E-state index contributed by atoms with van der Waals surface area (Å²) in [5.74, 6) is 0.673. The Morgan fingerprint density at radius 2 is 2.04 bits per heavy atom. The molecule has 2 aliphatic rings. The van der Waals surface area contributed by atoms with E-state index >= 15 is 0 Å². The summed E-state index contributed by atoms with van der Waals surface area (Å²) >= 11 is 2.23. The van der Waals surface area contributed by atoms with Crippen LogP contribution in [0.2, 0.25) is 0 Å². The zero-order chi connectivity index (χ0) is 17.6. The molecule has 4 nitrogen and oxygen atoms in total. The number of hydrogen-bond acceptors (Lipinski definition) is 2. The van der Waals surface area contributed by atoms with Crippen LogP contribution in [0.1, 0.15) is 44.7 Å². The second kappa shape index (κ2) is 6.44. The van der Waals surface area contributed by atoms with E-state index in [-0.39, 0.29) is 11.8 Å². The second-order valence-electron chi connectivity index (χ2n) is 6.92. The third-order valence-electron chi connectivity index (χ3n) is 4.85. The molecule has 0 saturated heterocycles. The number of aryl methyl sites for hydroxylation is 1. The Hall–Kier alpha value is -1.89. The first-order chi connectivity index (χ1) is 12.0. The van der Waals surface area contributed by atoms with Gasteiger partial charge in [0.2, 0.25) is 0 Å². The van der Waals surface area contributed by atoms with Crippen LogP contribution in [-0.2, 0) is 6.54 Å². The highest BCUT2D eigenvalue weighted by Crippen LogP contribution is 2.33. The van der Waals surface area contributed by atoms with Crippen molar-refractivity contribution in [3.63, 3.8) is 0 Å². The van der Waals surface area contributed by atoms with Crippen LogP contribution in [0.25, 0.3) is 0 Å². The molecule has 0 radical (unpaired) electrons. The van der Waals surface area contributed by atoms with E-state index in [9.17, 15) is 9.59 Å². The molecular formula is C20H19IN2O2. The molecule has 2 aromatic carbocycles.